The first-order valence-corrected chi connectivity index (χ1v) is 23.4. The first-order valence-electron chi connectivity index (χ1n) is 23.4. The van der Waals surface area contributed by atoms with E-state index in [-0.39, 0.29) is 0 Å². The van der Waals surface area contributed by atoms with Gasteiger partial charge in [0.1, 0.15) is 146 Å². The summed E-state index contributed by atoms with van der Waals surface area (Å²) >= 11 is 0. The van der Waals surface area contributed by atoms with Crippen LogP contribution in [0.15, 0.2) is 0 Å². The van der Waals surface area contributed by atoms with E-state index in [4.69, 9.17) is 71.1 Å². The third-order valence-corrected chi connectivity index (χ3v) is 13.7. The Bertz CT molecular complexity index is 1710. The summed E-state index contributed by atoms with van der Waals surface area (Å²) in [6.07, 6.45) is -47.8. The molecule has 8 heterocycles. The predicted molar refractivity (Wildman–Crippen MR) is 216 cm³/mol. The van der Waals surface area contributed by atoms with Crippen LogP contribution < -0.4 is 0 Å². The van der Waals surface area contributed by atoms with Gasteiger partial charge in [0, 0.05) is 0 Å². The Labute approximate surface area is 412 Å². The number of rotatable bonds is 22. The van der Waals surface area contributed by atoms with Gasteiger partial charge in [-0.15, -0.1) is 0 Å². The van der Waals surface area contributed by atoms with Crippen molar-refractivity contribution in [1.29, 1.82) is 0 Å². The highest BCUT2D eigenvalue weighted by Gasteiger charge is 2.53. The fourth-order valence-electron chi connectivity index (χ4n) is 9.14. The molecule has 0 amide bonds. The van der Waals surface area contributed by atoms with Crippen LogP contribution in [0, 0.1) is 0 Å². The molecule has 0 aromatic heterocycles. The molecular weight excluding hydrogens is 1010 g/mol. The molecule has 18 N–H and O–H groups in total. The first-order chi connectivity index (χ1) is 34.7. The van der Waals surface area contributed by atoms with E-state index in [0.29, 0.717) is 0 Å². The lowest BCUT2D eigenvalue weighted by molar-refractivity contribution is -0.231. The van der Waals surface area contributed by atoms with Crippen LogP contribution in [-0.4, -0.2) is 342 Å². The van der Waals surface area contributed by atoms with E-state index in [1.165, 1.54) is 0 Å². The molecule has 33 heteroatoms. The maximum Gasteiger partial charge on any atom is 0.186 e. The van der Waals surface area contributed by atoms with E-state index < -0.39 is 250 Å². The van der Waals surface area contributed by atoms with Crippen LogP contribution in [0.1, 0.15) is 0 Å². The molecule has 0 radical (unpaired) electrons. The van der Waals surface area contributed by atoms with E-state index >= 15 is 0 Å². The van der Waals surface area contributed by atoms with Crippen LogP contribution in [0.4, 0.5) is 0 Å². The number of ether oxygens (including phenoxy) is 15. The minimum absolute atomic E-state index is 0.444. The predicted octanol–water partition coefficient (Wildman–Crippen LogP) is -13.3. The highest BCUT2D eigenvalue weighted by Crippen LogP contribution is 2.33. The molecule has 8 aliphatic rings. The zero-order chi connectivity index (χ0) is 52.7. The molecule has 8 fully saturated rings. The molecule has 0 bridgehead atoms. The molecule has 32 atom stereocenters. The van der Waals surface area contributed by atoms with Crippen molar-refractivity contribution in [1.82, 2.24) is 0 Å². The van der Waals surface area contributed by atoms with Crippen molar-refractivity contribution in [2.45, 2.75) is 197 Å². The molecule has 8 unspecified atom stereocenters. The zero-order valence-corrected chi connectivity index (χ0v) is 38.3. The third-order valence-electron chi connectivity index (χ3n) is 13.7. The van der Waals surface area contributed by atoms with E-state index in [9.17, 15) is 91.9 Å². The van der Waals surface area contributed by atoms with Gasteiger partial charge in [-0.2, -0.15) is 0 Å². The Morgan fingerprint density at radius 3 is 0.534 bits per heavy atom. The quantitative estimate of drug-likeness (QED) is 0.0479. The monoisotopic (exact) mass is 1070 g/mol. The van der Waals surface area contributed by atoms with Gasteiger partial charge in [-0.05, 0) is 0 Å². The van der Waals surface area contributed by atoms with Gasteiger partial charge in [0.25, 0.3) is 0 Å². The number of hydrogen-bond donors (Lipinski definition) is 18. The van der Waals surface area contributed by atoms with E-state index in [2.05, 4.69) is 0 Å². The van der Waals surface area contributed by atoms with Gasteiger partial charge in [0.15, 0.2) is 50.3 Å². The summed E-state index contributed by atoms with van der Waals surface area (Å²) in [6, 6.07) is 0. The second kappa shape index (κ2) is 24.8. The summed E-state index contributed by atoms with van der Waals surface area (Å²) < 4.78 is 81.8. The Balaban J connectivity index is 0.719. The van der Waals surface area contributed by atoms with Crippen molar-refractivity contribution in [2.75, 3.05) is 52.9 Å². The molecule has 8 aliphatic heterocycles. The van der Waals surface area contributed by atoms with E-state index in [1.807, 2.05) is 0 Å². The summed E-state index contributed by atoms with van der Waals surface area (Å²) in [5.41, 5.74) is 0. The Morgan fingerprint density at radius 2 is 0.370 bits per heavy atom. The fraction of sp³-hybridized carbons (Fsp3) is 1.00. The van der Waals surface area contributed by atoms with Crippen molar-refractivity contribution in [2.24, 2.45) is 0 Å². The fourth-order valence-corrected chi connectivity index (χ4v) is 9.14. The summed E-state index contributed by atoms with van der Waals surface area (Å²) in [6.45, 7) is -4.14. The van der Waals surface area contributed by atoms with Gasteiger partial charge in [0.05, 0.1) is 52.9 Å². The zero-order valence-electron chi connectivity index (χ0n) is 38.3. The van der Waals surface area contributed by atoms with Gasteiger partial charge in [-0.3, -0.25) is 0 Å². The normalized spacial score (nSPS) is 53.2. The van der Waals surface area contributed by atoms with Crippen molar-refractivity contribution in [3.05, 3.63) is 0 Å². The SMILES string of the molecule is OC[C@@H]1O[C@@H](OC[C@@H]2O[C@@H](OC[C@@H]3O[C@@H](OC[C@@H]4O[C@@H](OC[C@@H]5O[C@@H](OC[C@@H]6O[C@@H](OC[C@@H]7O[C@@H](OC[C@@H]8O[C@@H](O)C(O)[C@@H]8O)C(O)[C@@H]7O)C(O)[C@@H]6O)C(O)[C@@H]5O)C(O)[C@@H]4O)C(O)[C@@H]3O)C(O)[C@@H]2O)C(O)[C@@H]1O. The maximum absolute atomic E-state index is 10.7. The summed E-state index contributed by atoms with van der Waals surface area (Å²) in [5.74, 6) is 0. The first kappa shape index (κ1) is 57.8. The number of aliphatic hydroxyl groups excluding tert-OH is 18. The third kappa shape index (κ3) is 12.4. The lowest BCUT2D eigenvalue weighted by Crippen LogP contribution is -2.39. The van der Waals surface area contributed by atoms with Gasteiger partial charge in [-0.1, -0.05) is 0 Å². The van der Waals surface area contributed by atoms with Crippen molar-refractivity contribution < 1.29 is 163 Å². The molecule has 0 aliphatic carbocycles. The number of hydrogen-bond acceptors (Lipinski definition) is 33. The van der Waals surface area contributed by atoms with Crippen LogP contribution in [0.5, 0.6) is 0 Å². The van der Waals surface area contributed by atoms with Crippen LogP contribution >= 0.6 is 0 Å². The lowest BCUT2D eigenvalue weighted by Gasteiger charge is -2.21. The van der Waals surface area contributed by atoms with Gasteiger partial charge in [0.2, 0.25) is 0 Å². The minimum Gasteiger partial charge on any atom is -0.394 e. The van der Waals surface area contributed by atoms with E-state index in [1.54, 1.807) is 0 Å². The van der Waals surface area contributed by atoms with Crippen LogP contribution in [0.3, 0.4) is 0 Å². The summed E-state index contributed by atoms with van der Waals surface area (Å²) in [5, 5.41) is 185. The largest absolute Gasteiger partial charge is 0.394 e. The Hall–Kier alpha value is -1.32. The topological polar surface area (TPSA) is 503 Å². The van der Waals surface area contributed by atoms with Crippen LogP contribution in [-0.2, 0) is 71.1 Å². The number of aliphatic hydroxyl groups is 18. The van der Waals surface area contributed by atoms with Crippen molar-refractivity contribution >= 4 is 0 Å². The molecule has 8 rings (SSSR count). The minimum atomic E-state index is -1.70. The Kier molecular flexibility index (Phi) is 19.6. The Morgan fingerprint density at radius 1 is 0.205 bits per heavy atom. The van der Waals surface area contributed by atoms with Gasteiger partial charge in [-0.25, -0.2) is 0 Å². The highest BCUT2D eigenvalue weighted by molar-refractivity contribution is 4.95. The lowest BCUT2D eigenvalue weighted by atomic mass is 10.1. The standard InChI is InChI=1S/C40H66O33/c41-1-9-17(42)26(51)34(67-9)60-3-11-19(44)28(53)36(69-11)62-5-13-21(46)30(55)38(71-13)64-7-15-23(48)32(57)40(73-15)65-8-16-24(49)31(56)39(72-16)63-6-14-22(47)29(54)37(70-14)61-4-12-20(45)27(52)35(68-12)59-2-10-18(43)25(50)33(58)66-10/h9-58H,1-8H2/t9-,10-,11-,12-,13-,14-,15-,16-,17+,18+,19+,20+,21+,22+,23+,24+,25?,26?,27?,28?,29?,30?,31?,32?,33+,34+,35+,36+,37+,38+,39+,40+/m0/s1. The molecular formula is C40H66O33. The molecule has 0 saturated carbocycles. The highest BCUT2D eigenvalue weighted by atomic mass is 16.8. The molecule has 424 valence electrons. The average molecular weight is 1070 g/mol. The maximum atomic E-state index is 10.7. The summed E-state index contributed by atoms with van der Waals surface area (Å²) in [4.78, 5) is 0. The van der Waals surface area contributed by atoms with Crippen LogP contribution in [0.25, 0.3) is 0 Å². The van der Waals surface area contributed by atoms with Crippen molar-refractivity contribution in [3.8, 4) is 0 Å². The molecule has 0 aromatic carbocycles. The van der Waals surface area contributed by atoms with E-state index in [0.717, 1.165) is 0 Å². The van der Waals surface area contributed by atoms with Gasteiger partial charge >= 0.3 is 0 Å². The van der Waals surface area contributed by atoms with Gasteiger partial charge < -0.3 is 163 Å². The second-order valence-electron chi connectivity index (χ2n) is 18.7. The molecule has 73 heavy (non-hydrogen) atoms. The molecule has 0 aromatic rings. The molecule has 8 saturated heterocycles. The van der Waals surface area contributed by atoms with Crippen molar-refractivity contribution in [3.63, 3.8) is 0 Å². The molecule has 33 nitrogen and oxygen atoms in total. The second-order valence-corrected chi connectivity index (χ2v) is 18.7. The van der Waals surface area contributed by atoms with Crippen LogP contribution in [0.2, 0.25) is 0 Å². The molecule has 0 spiro atoms. The smallest absolute Gasteiger partial charge is 0.186 e. The average Bonchev–Trinajstić information content (AvgIpc) is 4.23. The summed E-state index contributed by atoms with van der Waals surface area (Å²) in [7, 11) is 0.